The molecule has 0 heterocycles. The zero-order valence-electron chi connectivity index (χ0n) is 9.61. The first-order chi connectivity index (χ1) is 8.63. The Morgan fingerprint density at radius 1 is 1.00 bits per heavy atom. The van der Waals surface area contributed by atoms with Crippen molar-refractivity contribution in [2.45, 2.75) is 0 Å². The standard InChI is InChI=1S/C14H10Cl2O2/c1-18-14-11(15)7-10(8-12(14)16)13(17)9-5-3-2-4-6-9/h2-8H,1H3. The van der Waals surface area contributed by atoms with Gasteiger partial charge in [0.15, 0.2) is 11.5 Å². The first-order valence-corrected chi connectivity index (χ1v) is 6.02. The zero-order valence-corrected chi connectivity index (χ0v) is 11.1. The molecule has 0 aliphatic rings. The molecule has 2 aromatic carbocycles. The van der Waals surface area contributed by atoms with E-state index >= 15 is 0 Å². The van der Waals surface area contributed by atoms with Gasteiger partial charge in [0.05, 0.1) is 17.2 Å². The van der Waals surface area contributed by atoms with Crippen LogP contribution < -0.4 is 4.74 Å². The maximum absolute atomic E-state index is 12.2. The van der Waals surface area contributed by atoms with Crippen LogP contribution in [0.2, 0.25) is 10.0 Å². The van der Waals surface area contributed by atoms with Gasteiger partial charge >= 0.3 is 0 Å². The van der Waals surface area contributed by atoms with Crippen LogP contribution in [-0.4, -0.2) is 12.9 Å². The number of carbonyl (C=O) groups excluding carboxylic acids is 1. The Bertz CT molecular complexity index is 557. The molecule has 0 saturated carbocycles. The maximum atomic E-state index is 12.2. The second-order valence-corrected chi connectivity index (χ2v) is 4.48. The van der Waals surface area contributed by atoms with Gasteiger partial charge in [-0.2, -0.15) is 0 Å². The van der Waals surface area contributed by atoms with Gasteiger partial charge in [-0.3, -0.25) is 4.79 Å². The van der Waals surface area contributed by atoms with E-state index in [-0.39, 0.29) is 5.78 Å². The monoisotopic (exact) mass is 280 g/mol. The van der Waals surface area contributed by atoms with Crippen LogP contribution in [0.1, 0.15) is 15.9 Å². The molecule has 0 spiro atoms. The number of ether oxygens (including phenoxy) is 1. The lowest BCUT2D eigenvalue weighted by Gasteiger charge is -2.08. The lowest BCUT2D eigenvalue weighted by atomic mass is 10.0. The molecule has 0 bridgehead atoms. The van der Waals surface area contributed by atoms with Crippen LogP contribution >= 0.6 is 23.2 Å². The van der Waals surface area contributed by atoms with Gasteiger partial charge in [0.1, 0.15) is 0 Å². The van der Waals surface area contributed by atoms with Crippen molar-refractivity contribution < 1.29 is 9.53 Å². The fourth-order valence-corrected chi connectivity index (χ4v) is 2.28. The predicted octanol–water partition coefficient (Wildman–Crippen LogP) is 4.23. The van der Waals surface area contributed by atoms with Crippen molar-refractivity contribution >= 4 is 29.0 Å². The molecule has 0 atom stereocenters. The number of methoxy groups -OCH3 is 1. The van der Waals surface area contributed by atoms with Crippen molar-refractivity contribution in [1.29, 1.82) is 0 Å². The minimum Gasteiger partial charge on any atom is -0.494 e. The van der Waals surface area contributed by atoms with Gasteiger partial charge in [0, 0.05) is 11.1 Å². The van der Waals surface area contributed by atoms with Gasteiger partial charge in [-0.25, -0.2) is 0 Å². The molecule has 2 rings (SSSR count). The molecule has 0 aliphatic carbocycles. The topological polar surface area (TPSA) is 26.3 Å². The molecule has 0 saturated heterocycles. The quantitative estimate of drug-likeness (QED) is 0.787. The van der Waals surface area contributed by atoms with Gasteiger partial charge in [-0.1, -0.05) is 53.5 Å². The van der Waals surface area contributed by atoms with Crippen LogP contribution in [0.3, 0.4) is 0 Å². The van der Waals surface area contributed by atoms with Crippen molar-refractivity contribution in [3.05, 3.63) is 63.6 Å². The number of rotatable bonds is 3. The summed E-state index contributed by atoms with van der Waals surface area (Å²) in [5, 5.41) is 0.647. The van der Waals surface area contributed by atoms with Gasteiger partial charge in [-0.15, -0.1) is 0 Å². The summed E-state index contributed by atoms with van der Waals surface area (Å²) in [6.07, 6.45) is 0. The van der Waals surface area contributed by atoms with Crippen molar-refractivity contribution in [2.24, 2.45) is 0 Å². The minimum atomic E-state index is -0.123. The van der Waals surface area contributed by atoms with Crippen LogP contribution in [0, 0.1) is 0 Å². The first-order valence-electron chi connectivity index (χ1n) is 5.26. The third kappa shape index (κ3) is 2.50. The molecule has 0 aliphatic heterocycles. The Kier molecular flexibility index (Phi) is 3.90. The second-order valence-electron chi connectivity index (χ2n) is 3.67. The molecule has 2 aromatic rings. The second kappa shape index (κ2) is 5.42. The molecule has 0 amide bonds. The zero-order chi connectivity index (χ0) is 13.1. The largest absolute Gasteiger partial charge is 0.494 e. The van der Waals surface area contributed by atoms with Crippen molar-refractivity contribution in [2.75, 3.05) is 7.11 Å². The predicted molar refractivity (Wildman–Crippen MR) is 72.9 cm³/mol. The number of hydrogen-bond acceptors (Lipinski definition) is 2. The summed E-state index contributed by atoms with van der Waals surface area (Å²) >= 11 is 12.0. The summed E-state index contributed by atoms with van der Waals surface area (Å²) in [7, 11) is 1.48. The van der Waals surface area contributed by atoms with Crippen molar-refractivity contribution in [3.63, 3.8) is 0 Å². The number of benzene rings is 2. The normalized spacial score (nSPS) is 10.2. The molecular weight excluding hydrogens is 271 g/mol. The summed E-state index contributed by atoms with van der Waals surface area (Å²) in [4.78, 5) is 12.2. The summed E-state index contributed by atoms with van der Waals surface area (Å²) < 4.78 is 5.04. The Hall–Kier alpha value is -1.51. The smallest absolute Gasteiger partial charge is 0.193 e. The third-order valence-corrected chi connectivity index (χ3v) is 3.06. The minimum absolute atomic E-state index is 0.123. The van der Waals surface area contributed by atoms with Crippen molar-refractivity contribution in [3.8, 4) is 5.75 Å². The van der Waals surface area contributed by atoms with Gasteiger partial charge < -0.3 is 4.74 Å². The van der Waals surface area contributed by atoms with E-state index in [1.54, 1.807) is 36.4 Å². The van der Waals surface area contributed by atoms with E-state index < -0.39 is 0 Å². The lowest BCUT2D eigenvalue weighted by Crippen LogP contribution is -2.01. The van der Waals surface area contributed by atoms with E-state index in [0.717, 1.165) is 0 Å². The summed E-state index contributed by atoms with van der Waals surface area (Å²) in [6.45, 7) is 0. The Morgan fingerprint density at radius 2 is 1.56 bits per heavy atom. The molecule has 0 unspecified atom stereocenters. The summed E-state index contributed by atoms with van der Waals surface area (Å²) in [5.74, 6) is 0.255. The summed E-state index contributed by atoms with van der Waals surface area (Å²) in [6, 6.07) is 12.1. The van der Waals surface area contributed by atoms with Crippen molar-refractivity contribution in [1.82, 2.24) is 0 Å². The van der Waals surface area contributed by atoms with Crippen LogP contribution in [0.4, 0.5) is 0 Å². The van der Waals surface area contributed by atoms with E-state index in [2.05, 4.69) is 0 Å². The van der Waals surface area contributed by atoms with E-state index in [1.165, 1.54) is 7.11 Å². The van der Waals surface area contributed by atoms with E-state index in [0.29, 0.717) is 26.9 Å². The molecule has 0 fully saturated rings. The molecule has 2 nitrogen and oxygen atoms in total. The Morgan fingerprint density at radius 3 is 2.06 bits per heavy atom. The average Bonchev–Trinajstić information content (AvgIpc) is 2.38. The highest BCUT2D eigenvalue weighted by molar-refractivity contribution is 6.38. The van der Waals surface area contributed by atoms with Crippen LogP contribution in [-0.2, 0) is 0 Å². The molecule has 18 heavy (non-hydrogen) atoms. The summed E-state index contributed by atoms with van der Waals surface area (Å²) in [5.41, 5.74) is 1.03. The van der Waals surface area contributed by atoms with Gasteiger partial charge in [0.2, 0.25) is 0 Å². The van der Waals surface area contributed by atoms with Crippen LogP contribution in [0.5, 0.6) is 5.75 Å². The highest BCUT2D eigenvalue weighted by Crippen LogP contribution is 2.34. The molecule has 0 radical (unpaired) electrons. The highest BCUT2D eigenvalue weighted by Gasteiger charge is 2.14. The number of hydrogen-bond donors (Lipinski definition) is 0. The van der Waals surface area contributed by atoms with Gasteiger partial charge in [-0.05, 0) is 12.1 Å². The van der Waals surface area contributed by atoms with E-state index in [4.69, 9.17) is 27.9 Å². The van der Waals surface area contributed by atoms with E-state index in [9.17, 15) is 4.79 Å². The highest BCUT2D eigenvalue weighted by atomic mass is 35.5. The van der Waals surface area contributed by atoms with Crippen LogP contribution in [0.15, 0.2) is 42.5 Å². The van der Waals surface area contributed by atoms with Gasteiger partial charge in [0.25, 0.3) is 0 Å². The SMILES string of the molecule is COc1c(Cl)cc(C(=O)c2ccccc2)cc1Cl. The number of ketones is 1. The average molecular weight is 281 g/mol. The Labute approximate surface area is 115 Å². The lowest BCUT2D eigenvalue weighted by molar-refractivity contribution is 0.103. The molecule has 0 aromatic heterocycles. The van der Waals surface area contributed by atoms with Crippen LogP contribution in [0.25, 0.3) is 0 Å². The molecule has 0 N–H and O–H groups in total. The third-order valence-electron chi connectivity index (χ3n) is 2.50. The van der Waals surface area contributed by atoms with E-state index in [1.807, 2.05) is 6.07 Å². The first kappa shape index (κ1) is 12.9. The Balaban J connectivity index is 2.44. The molecule has 92 valence electrons. The fourth-order valence-electron chi connectivity index (χ4n) is 1.64. The fraction of sp³-hybridized carbons (Fsp3) is 0.0714. The number of carbonyl (C=O) groups is 1. The maximum Gasteiger partial charge on any atom is 0.193 e. The molecular formula is C14H10Cl2O2. The number of halogens is 2. The molecule has 4 heteroatoms.